The van der Waals surface area contributed by atoms with Gasteiger partial charge in [-0.2, -0.15) is 0 Å². The minimum atomic E-state index is -0.229. The zero-order valence-electron chi connectivity index (χ0n) is 14.0. The van der Waals surface area contributed by atoms with E-state index in [0.717, 1.165) is 12.0 Å². The van der Waals surface area contributed by atoms with Crippen LogP contribution in [0.2, 0.25) is 0 Å². The highest BCUT2D eigenvalue weighted by Gasteiger charge is 2.14. The van der Waals surface area contributed by atoms with Crippen LogP contribution in [0.15, 0.2) is 48.5 Å². The van der Waals surface area contributed by atoms with Crippen molar-refractivity contribution >= 4 is 17.5 Å². The number of benzene rings is 2. The number of carbonyl (C=O) groups is 2. The number of hydrogen-bond acceptors (Lipinski definition) is 3. The van der Waals surface area contributed by atoms with Crippen LogP contribution in [0, 0.1) is 6.92 Å². The first kappa shape index (κ1) is 17.7. The number of methoxy groups -OCH3 is 1. The summed E-state index contributed by atoms with van der Waals surface area (Å²) in [6, 6.07) is 14.3. The number of para-hydroxylation sites is 1. The summed E-state index contributed by atoms with van der Waals surface area (Å²) in [5.41, 5.74) is 2.41. The quantitative estimate of drug-likeness (QED) is 0.769. The van der Waals surface area contributed by atoms with Gasteiger partial charge in [0.05, 0.1) is 11.3 Å². The van der Waals surface area contributed by atoms with Gasteiger partial charge in [0.15, 0.2) is 0 Å². The van der Waals surface area contributed by atoms with Gasteiger partial charge in [-0.05, 0) is 37.1 Å². The summed E-state index contributed by atoms with van der Waals surface area (Å²) >= 11 is 0. The van der Waals surface area contributed by atoms with Crippen molar-refractivity contribution in [1.29, 1.82) is 0 Å². The third-order valence-electron chi connectivity index (χ3n) is 3.62. The molecular formula is C19H22N2O3. The number of amides is 2. The van der Waals surface area contributed by atoms with Crippen molar-refractivity contribution in [2.75, 3.05) is 25.6 Å². The molecule has 0 saturated carbocycles. The van der Waals surface area contributed by atoms with Crippen LogP contribution in [0.4, 0.5) is 5.69 Å². The Morgan fingerprint density at radius 1 is 0.958 bits per heavy atom. The van der Waals surface area contributed by atoms with Crippen molar-refractivity contribution in [3.8, 4) is 0 Å². The average Bonchev–Trinajstić information content (AvgIpc) is 2.59. The van der Waals surface area contributed by atoms with Crippen LogP contribution in [-0.4, -0.2) is 32.1 Å². The molecule has 5 heteroatoms. The first-order valence-corrected chi connectivity index (χ1v) is 7.86. The maximum absolute atomic E-state index is 12.4. The van der Waals surface area contributed by atoms with Crippen molar-refractivity contribution < 1.29 is 14.3 Å². The summed E-state index contributed by atoms with van der Waals surface area (Å²) in [6.45, 7) is 2.99. The fourth-order valence-electron chi connectivity index (χ4n) is 2.32. The Hall–Kier alpha value is -2.66. The lowest BCUT2D eigenvalue weighted by Gasteiger charge is -2.12. The molecule has 126 valence electrons. The van der Waals surface area contributed by atoms with Crippen molar-refractivity contribution in [3.63, 3.8) is 0 Å². The van der Waals surface area contributed by atoms with E-state index in [0.29, 0.717) is 30.0 Å². The molecule has 0 aliphatic carbocycles. The van der Waals surface area contributed by atoms with Crippen LogP contribution in [0.1, 0.15) is 32.7 Å². The lowest BCUT2D eigenvalue weighted by molar-refractivity contribution is 0.0949. The second-order valence-corrected chi connectivity index (χ2v) is 5.42. The molecule has 0 atom stereocenters. The molecule has 5 nitrogen and oxygen atoms in total. The largest absolute Gasteiger partial charge is 0.385 e. The zero-order chi connectivity index (χ0) is 17.4. The van der Waals surface area contributed by atoms with E-state index in [-0.39, 0.29) is 11.8 Å². The molecule has 0 aliphatic rings. The predicted molar refractivity (Wildman–Crippen MR) is 94.4 cm³/mol. The minimum absolute atomic E-state index is 0.216. The van der Waals surface area contributed by atoms with Crippen LogP contribution < -0.4 is 10.6 Å². The lowest BCUT2D eigenvalue weighted by Crippen LogP contribution is -2.26. The van der Waals surface area contributed by atoms with E-state index in [4.69, 9.17) is 4.74 Å². The molecule has 0 radical (unpaired) electrons. The maximum Gasteiger partial charge on any atom is 0.255 e. The number of nitrogens with one attached hydrogen (secondary N) is 2. The molecule has 2 N–H and O–H groups in total. The molecule has 0 bridgehead atoms. The van der Waals surface area contributed by atoms with Crippen LogP contribution >= 0.6 is 0 Å². The molecule has 2 amide bonds. The van der Waals surface area contributed by atoms with Gasteiger partial charge in [-0.15, -0.1) is 0 Å². The third-order valence-corrected chi connectivity index (χ3v) is 3.62. The van der Waals surface area contributed by atoms with Gasteiger partial charge in [0.25, 0.3) is 11.8 Å². The topological polar surface area (TPSA) is 67.4 Å². The fourth-order valence-corrected chi connectivity index (χ4v) is 2.32. The number of hydrogen-bond donors (Lipinski definition) is 2. The molecule has 2 rings (SSSR count). The Morgan fingerprint density at radius 3 is 2.33 bits per heavy atom. The van der Waals surface area contributed by atoms with E-state index in [1.807, 2.05) is 25.1 Å². The molecule has 0 unspecified atom stereocenters. The van der Waals surface area contributed by atoms with E-state index < -0.39 is 0 Å². The Kier molecular flexibility index (Phi) is 6.51. The van der Waals surface area contributed by atoms with E-state index in [9.17, 15) is 9.59 Å². The standard InChI is InChI=1S/C19H22N2O3/c1-14-8-3-4-9-15(14)19(23)21-17-11-6-5-10-16(17)18(22)20-12-7-13-24-2/h3-6,8-11H,7,12-13H2,1-2H3,(H,20,22)(H,21,23). The van der Waals surface area contributed by atoms with E-state index in [2.05, 4.69) is 10.6 Å². The van der Waals surface area contributed by atoms with Crippen molar-refractivity contribution in [3.05, 3.63) is 65.2 Å². The zero-order valence-corrected chi connectivity index (χ0v) is 14.0. The highest BCUT2D eigenvalue weighted by atomic mass is 16.5. The van der Waals surface area contributed by atoms with Crippen molar-refractivity contribution in [1.82, 2.24) is 5.32 Å². The number of ether oxygens (including phenoxy) is 1. The molecule has 0 aliphatic heterocycles. The SMILES string of the molecule is COCCCNC(=O)c1ccccc1NC(=O)c1ccccc1C. The molecule has 24 heavy (non-hydrogen) atoms. The molecule has 0 saturated heterocycles. The third kappa shape index (κ3) is 4.67. The van der Waals surface area contributed by atoms with E-state index in [1.165, 1.54) is 0 Å². The molecule has 2 aromatic carbocycles. The summed E-state index contributed by atoms with van der Waals surface area (Å²) in [7, 11) is 1.62. The van der Waals surface area contributed by atoms with Crippen LogP contribution in [-0.2, 0) is 4.74 Å². The number of anilines is 1. The predicted octanol–water partition coefficient (Wildman–Crippen LogP) is 3.01. The highest BCUT2D eigenvalue weighted by molar-refractivity contribution is 6.09. The smallest absolute Gasteiger partial charge is 0.255 e. The summed E-state index contributed by atoms with van der Waals surface area (Å²) in [5.74, 6) is -0.445. The Balaban J connectivity index is 2.10. The van der Waals surface area contributed by atoms with Gasteiger partial charge in [0.1, 0.15) is 0 Å². The summed E-state index contributed by atoms with van der Waals surface area (Å²) in [6.07, 6.45) is 0.736. The molecule has 0 heterocycles. The summed E-state index contributed by atoms with van der Waals surface area (Å²) in [5, 5.41) is 5.65. The van der Waals surface area contributed by atoms with Crippen LogP contribution in [0.25, 0.3) is 0 Å². The van der Waals surface area contributed by atoms with Gasteiger partial charge in [-0.1, -0.05) is 30.3 Å². The highest BCUT2D eigenvalue weighted by Crippen LogP contribution is 2.17. The first-order chi connectivity index (χ1) is 11.6. The van der Waals surface area contributed by atoms with Gasteiger partial charge in [-0.25, -0.2) is 0 Å². The van der Waals surface area contributed by atoms with Crippen molar-refractivity contribution in [2.24, 2.45) is 0 Å². The van der Waals surface area contributed by atoms with Crippen LogP contribution in [0.3, 0.4) is 0 Å². The van der Waals surface area contributed by atoms with Gasteiger partial charge >= 0.3 is 0 Å². The maximum atomic E-state index is 12.4. The second-order valence-electron chi connectivity index (χ2n) is 5.42. The number of aryl methyl sites for hydroxylation is 1. The number of rotatable bonds is 7. The van der Waals surface area contributed by atoms with Gasteiger partial charge < -0.3 is 15.4 Å². The van der Waals surface area contributed by atoms with Gasteiger partial charge in [-0.3, -0.25) is 9.59 Å². The summed E-state index contributed by atoms with van der Waals surface area (Å²) in [4.78, 5) is 24.8. The molecule has 0 spiro atoms. The molecular weight excluding hydrogens is 304 g/mol. The Morgan fingerprint density at radius 2 is 1.62 bits per heavy atom. The molecule has 0 aromatic heterocycles. The fraction of sp³-hybridized carbons (Fsp3) is 0.263. The molecule has 0 fully saturated rings. The van der Waals surface area contributed by atoms with Gasteiger partial charge in [0, 0.05) is 25.8 Å². The second kappa shape index (κ2) is 8.84. The summed E-state index contributed by atoms with van der Waals surface area (Å²) < 4.78 is 4.96. The van der Waals surface area contributed by atoms with Gasteiger partial charge in [0.2, 0.25) is 0 Å². The normalized spacial score (nSPS) is 10.2. The average molecular weight is 326 g/mol. The van der Waals surface area contributed by atoms with Crippen molar-refractivity contribution in [2.45, 2.75) is 13.3 Å². The first-order valence-electron chi connectivity index (χ1n) is 7.86. The Labute approximate surface area is 142 Å². The number of carbonyl (C=O) groups excluding carboxylic acids is 2. The monoisotopic (exact) mass is 326 g/mol. The lowest BCUT2D eigenvalue weighted by atomic mass is 10.1. The Bertz CT molecular complexity index is 713. The van der Waals surface area contributed by atoms with E-state index >= 15 is 0 Å². The molecule has 2 aromatic rings. The minimum Gasteiger partial charge on any atom is -0.385 e. The van der Waals surface area contributed by atoms with Crippen LogP contribution in [0.5, 0.6) is 0 Å². The van der Waals surface area contributed by atoms with E-state index in [1.54, 1.807) is 37.4 Å².